The van der Waals surface area contributed by atoms with Gasteiger partial charge in [-0.15, -0.1) is 0 Å². The Hall–Kier alpha value is -0.710. The number of aliphatic carboxylic acids is 1. The second-order valence-corrected chi connectivity index (χ2v) is 4.15. The van der Waals surface area contributed by atoms with Crippen LogP contribution in [0.25, 0.3) is 0 Å². The van der Waals surface area contributed by atoms with Crippen LogP contribution in [-0.2, 0) is 9.59 Å². The van der Waals surface area contributed by atoms with Crippen LogP contribution in [0.4, 0.5) is 0 Å². The first-order chi connectivity index (χ1) is 6.57. The van der Waals surface area contributed by atoms with Gasteiger partial charge >= 0.3 is 5.97 Å². The lowest BCUT2D eigenvalue weighted by molar-refractivity contribution is -0.142. The molecule has 0 saturated heterocycles. The van der Waals surface area contributed by atoms with E-state index in [1.54, 1.807) is 11.8 Å². The number of unbranched alkanes of at least 4 members (excludes halogenated alkanes) is 1. The average Bonchev–Trinajstić information content (AvgIpc) is 2.11. The van der Waals surface area contributed by atoms with Crippen molar-refractivity contribution in [2.24, 2.45) is 0 Å². The molecule has 0 aromatic heterocycles. The molecule has 5 heteroatoms. The van der Waals surface area contributed by atoms with Gasteiger partial charge in [0.25, 0.3) is 0 Å². The summed E-state index contributed by atoms with van der Waals surface area (Å²) in [5.74, 6) is 0.250. The molecule has 0 aliphatic rings. The maximum atomic E-state index is 11.3. The lowest BCUT2D eigenvalue weighted by Gasteiger charge is -2.13. The Morgan fingerprint density at radius 1 is 1.43 bits per heavy atom. The van der Waals surface area contributed by atoms with Crippen molar-refractivity contribution in [2.75, 3.05) is 25.1 Å². The number of carbonyl (C=O) groups excluding carboxylic acids is 1. The summed E-state index contributed by atoms with van der Waals surface area (Å²) in [6.07, 6.45) is 2.22. The van der Waals surface area contributed by atoms with E-state index in [1.165, 1.54) is 11.9 Å². The molecule has 0 fully saturated rings. The van der Waals surface area contributed by atoms with Gasteiger partial charge in [-0.05, 0) is 12.2 Å². The van der Waals surface area contributed by atoms with Crippen molar-refractivity contribution in [3.05, 3.63) is 0 Å². The fourth-order valence-corrected chi connectivity index (χ4v) is 1.84. The normalized spacial score (nSPS) is 9.86. The molecule has 1 N–H and O–H groups in total. The average molecular weight is 219 g/mol. The molecule has 4 nitrogen and oxygen atoms in total. The van der Waals surface area contributed by atoms with Crippen LogP contribution in [0.2, 0.25) is 0 Å². The Labute approximate surface area is 88.7 Å². The van der Waals surface area contributed by atoms with E-state index in [4.69, 9.17) is 5.11 Å². The Morgan fingerprint density at radius 3 is 2.57 bits per heavy atom. The molecule has 0 aromatic rings. The zero-order chi connectivity index (χ0) is 11.0. The number of hydrogen-bond donors (Lipinski definition) is 1. The summed E-state index contributed by atoms with van der Waals surface area (Å²) in [6, 6.07) is 0. The highest BCUT2D eigenvalue weighted by molar-refractivity contribution is 7.99. The summed E-state index contributed by atoms with van der Waals surface area (Å²) >= 11 is 1.56. The Bertz CT molecular complexity index is 196. The summed E-state index contributed by atoms with van der Waals surface area (Å²) in [5.41, 5.74) is 0. The van der Waals surface area contributed by atoms with Gasteiger partial charge in [0.15, 0.2) is 0 Å². The lowest BCUT2D eigenvalue weighted by atomic mass is 10.4. The van der Waals surface area contributed by atoms with Gasteiger partial charge in [0.05, 0.1) is 5.75 Å². The lowest BCUT2D eigenvalue weighted by Crippen LogP contribution is -2.33. The predicted molar refractivity (Wildman–Crippen MR) is 57.5 cm³/mol. The van der Waals surface area contributed by atoms with Gasteiger partial charge in [-0.25, -0.2) is 0 Å². The number of carbonyl (C=O) groups is 2. The van der Waals surface area contributed by atoms with E-state index in [0.717, 1.165) is 18.6 Å². The van der Waals surface area contributed by atoms with Crippen molar-refractivity contribution in [2.45, 2.75) is 19.8 Å². The molecule has 14 heavy (non-hydrogen) atoms. The first-order valence-electron chi connectivity index (χ1n) is 4.61. The van der Waals surface area contributed by atoms with Crippen LogP contribution in [0.3, 0.4) is 0 Å². The summed E-state index contributed by atoms with van der Waals surface area (Å²) < 4.78 is 0. The van der Waals surface area contributed by atoms with E-state index in [1.807, 2.05) is 0 Å². The minimum absolute atomic E-state index is 0.117. The molecule has 82 valence electrons. The molecule has 0 unspecified atom stereocenters. The first kappa shape index (κ1) is 13.3. The fourth-order valence-electron chi connectivity index (χ4n) is 0.807. The van der Waals surface area contributed by atoms with Crippen LogP contribution >= 0.6 is 11.8 Å². The van der Waals surface area contributed by atoms with Gasteiger partial charge in [-0.3, -0.25) is 9.59 Å². The SMILES string of the molecule is CCCCSCC(=O)N(C)CC(=O)O. The highest BCUT2D eigenvalue weighted by atomic mass is 32.2. The van der Waals surface area contributed by atoms with Crippen molar-refractivity contribution in [1.82, 2.24) is 4.90 Å². The highest BCUT2D eigenvalue weighted by Gasteiger charge is 2.11. The molecule has 0 bridgehead atoms. The molecule has 0 atom stereocenters. The third-order valence-electron chi connectivity index (χ3n) is 1.67. The van der Waals surface area contributed by atoms with Crippen LogP contribution in [-0.4, -0.2) is 47.0 Å². The zero-order valence-electron chi connectivity index (χ0n) is 8.65. The molecule has 0 saturated carbocycles. The number of thioether (sulfide) groups is 1. The minimum Gasteiger partial charge on any atom is -0.480 e. The molecule has 0 radical (unpaired) electrons. The Kier molecular flexibility index (Phi) is 7.28. The third-order valence-corrected chi connectivity index (χ3v) is 2.69. The third kappa shape index (κ3) is 6.77. The highest BCUT2D eigenvalue weighted by Crippen LogP contribution is 2.05. The number of rotatable bonds is 7. The van der Waals surface area contributed by atoms with Crippen LogP contribution in [0.15, 0.2) is 0 Å². The van der Waals surface area contributed by atoms with Crippen LogP contribution < -0.4 is 0 Å². The standard InChI is InChI=1S/C9H17NO3S/c1-3-4-5-14-7-8(11)10(2)6-9(12)13/h3-7H2,1-2H3,(H,12,13). The van der Waals surface area contributed by atoms with E-state index in [-0.39, 0.29) is 12.5 Å². The van der Waals surface area contributed by atoms with Gasteiger partial charge in [0, 0.05) is 7.05 Å². The Morgan fingerprint density at radius 2 is 2.07 bits per heavy atom. The van der Waals surface area contributed by atoms with Crippen molar-refractivity contribution in [3.8, 4) is 0 Å². The summed E-state index contributed by atoms with van der Waals surface area (Å²) in [7, 11) is 1.51. The molecule has 0 aromatic carbocycles. The quantitative estimate of drug-likeness (QED) is 0.651. The molecule has 0 aliphatic heterocycles. The molecular weight excluding hydrogens is 202 g/mol. The summed E-state index contributed by atoms with van der Waals surface area (Å²) in [5, 5.41) is 8.44. The van der Waals surface area contributed by atoms with E-state index < -0.39 is 5.97 Å². The number of nitrogens with zero attached hydrogens (tertiary/aromatic N) is 1. The maximum Gasteiger partial charge on any atom is 0.323 e. The monoisotopic (exact) mass is 219 g/mol. The molecule has 0 heterocycles. The molecule has 1 amide bonds. The number of likely N-dealkylation sites (N-methyl/N-ethyl adjacent to an activating group) is 1. The van der Waals surface area contributed by atoms with Gasteiger partial charge in [-0.1, -0.05) is 13.3 Å². The van der Waals surface area contributed by atoms with Crippen molar-refractivity contribution < 1.29 is 14.7 Å². The van der Waals surface area contributed by atoms with Gasteiger partial charge < -0.3 is 10.0 Å². The van der Waals surface area contributed by atoms with E-state index in [9.17, 15) is 9.59 Å². The smallest absolute Gasteiger partial charge is 0.323 e. The first-order valence-corrected chi connectivity index (χ1v) is 5.77. The van der Waals surface area contributed by atoms with Crippen LogP contribution in [0, 0.1) is 0 Å². The van der Waals surface area contributed by atoms with Crippen molar-refractivity contribution in [3.63, 3.8) is 0 Å². The molecular formula is C9H17NO3S. The second kappa shape index (κ2) is 7.67. The summed E-state index contributed by atoms with van der Waals surface area (Å²) in [4.78, 5) is 22.8. The predicted octanol–water partition coefficient (Wildman–Crippen LogP) is 1.06. The molecule has 0 spiro atoms. The minimum atomic E-state index is -0.973. The molecule has 0 rings (SSSR count). The number of carboxylic acid groups (broad SMARTS) is 1. The number of carboxylic acids is 1. The van der Waals surface area contributed by atoms with E-state index in [0.29, 0.717) is 5.75 Å². The fraction of sp³-hybridized carbons (Fsp3) is 0.778. The number of hydrogen-bond acceptors (Lipinski definition) is 3. The summed E-state index contributed by atoms with van der Waals surface area (Å²) in [6.45, 7) is 1.88. The van der Waals surface area contributed by atoms with Gasteiger partial charge in [-0.2, -0.15) is 11.8 Å². The number of amides is 1. The van der Waals surface area contributed by atoms with E-state index in [2.05, 4.69) is 6.92 Å². The largest absolute Gasteiger partial charge is 0.480 e. The second-order valence-electron chi connectivity index (χ2n) is 3.05. The van der Waals surface area contributed by atoms with E-state index >= 15 is 0 Å². The van der Waals surface area contributed by atoms with Gasteiger partial charge in [0.1, 0.15) is 6.54 Å². The zero-order valence-corrected chi connectivity index (χ0v) is 9.47. The Balaban J connectivity index is 3.57. The van der Waals surface area contributed by atoms with Crippen LogP contribution in [0.5, 0.6) is 0 Å². The molecule has 0 aliphatic carbocycles. The van der Waals surface area contributed by atoms with Crippen molar-refractivity contribution in [1.29, 1.82) is 0 Å². The van der Waals surface area contributed by atoms with Crippen LogP contribution in [0.1, 0.15) is 19.8 Å². The topological polar surface area (TPSA) is 57.6 Å². The van der Waals surface area contributed by atoms with Crippen molar-refractivity contribution >= 4 is 23.6 Å². The maximum absolute atomic E-state index is 11.3. The van der Waals surface area contributed by atoms with Gasteiger partial charge in [0.2, 0.25) is 5.91 Å².